The lowest BCUT2D eigenvalue weighted by atomic mass is 10.3. The number of hydrogen-bond donors (Lipinski definition) is 1. The molecular weight excluding hydrogens is 406 g/mol. The Morgan fingerprint density at radius 3 is 2.63 bits per heavy atom. The summed E-state index contributed by atoms with van der Waals surface area (Å²) in [5.74, 6) is 0.809. The first-order chi connectivity index (χ1) is 14.6. The van der Waals surface area contributed by atoms with Crippen molar-refractivity contribution < 1.29 is 13.9 Å². The quantitative estimate of drug-likeness (QED) is 0.491. The van der Waals surface area contributed by atoms with Gasteiger partial charge in [-0.1, -0.05) is 0 Å². The fourth-order valence-electron chi connectivity index (χ4n) is 3.13. The van der Waals surface area contributed by atoms with E-state index in [0.717, 1.165) is 4.57 Å². The summed E-state index contributed by atoms with van der Waals surface area (Å²) in [5.41, 5.74) is 0.0585. The Morgan fingerprint density at radius 1 is 1.13 bits per heavy atom. The zero-order valence-electron chi connectivity index (χ0n) is 16.2. The van der Waals surface area contributed by atoms with Gasteiger partial charge in [-0.15, -0.1) is 11.3 Å². The van der Waals surface area contributed by atoms with Gasteiger partial charge in [-0.25, -0.2) is 4.79 Å². The fourth-order valence-corrected chi connectivity index (χ4v) is 3.97. The Balaban J connectivity index is 1.63. The standard InChI is InChI=1S/C21H19N3O5S/c1-2-28-15-7-5-14(6-8-15)22-18(25)13-23-17-9-11-30-19(17)20(26)24(21(23)27)12-16-4-3-10-29-16/h3-11H,2,12-13H2,1H3,(H,22,25). The van der Waals surface area contributed by atoms with Gasteiger partial charge in [0.1, 0.15) is 22.8 Å². The number of nitrogens with one attached hydrogen (secondary N) is 1. The summed E-state index contributed by atoms with van der Waals surface area (Å²) in [6.45, 7) is 2.22. The Hall–Kier alpha value is -3.59. The van der Waals surface area contributed by atoms with Crippen LogP contribution in [0, 0.1) is 0 Å². The average molecular weight is 425 g/mol. The minimum Gasteiger partial charge on any atom is -0.494 e. The zero-order valence-corrected chi connectivity index (χ0v) is 17.0. The molecular formula is C21H19N3O5S. The van der Waals surface area contributed by atoms with Crippen LogP contribution in [0.3, 0.4) is 0 Å². The molecule has 30 heavy (non-hydrogen) atoms. The van der Waals surface area contributed by atoms with Gasteiger partial charge in [0, 0.05) is 5.69 Å². The van der Waals surface area contributed by atoms with E-state index in [1.165, 1.54) is 22.2 Å². The third kappa shape index (κ3) is 3.92. The summed E-state index contributed by atoms with van der Waals surface area (Å²) in [7, 11) is 0. The number of amides is 1. The van der Waals surface area contributed by atoms with Crippen LogP contribution in [0.15, 0.2) is 68.1 Å². The molecule has 3 aromatic heterocycles. The van der Waals surface area contributed by atoms with E-state index >= 15 is 0 Å². The number of benzene rings is 1. The molecule has 154 valence electrons. The van der Waals surface area contributed by atoms with Crippen molar-refractivity contribution in [1.82, 2.24) is 9.13 Å². The van der Waals surface area contributed by atoms with E-state index in [1.807, 2.05) is 6.92 Å². The van der Waals surface area contributed by atoms with E-state index < -0.39 is 11.2 Å². The third-order valence-corrected chi connectivity index (χ3v) is 5.37. The molecule has 0 spiro atoms. The monoisotopic (exact) mass is 425 g/mol. The summed E-state index contributed by atoms with van der Waals surface area (Å²) >= 11 is 1.23. The van der Waals surface area contributed by atoms with Crippen LogP contribution in [0.25, 0.3) is 10.2 Å². The molecule has 0 atom stereocenters. The minimum atomic E-state index is -0.566. The van der Waals surface area contributed by atoms with Crippen LogP contribution in [0.4, 0.5) is 5.69 Å². The summed E-state index contributed by atoms with van der Waals surface area (Å²) in [4.78, 5) is 38.4. The molecule has 0 aliphatic rings. The third-order valence-electron chi connectivity index (χ3n) is 4.48. The maximum absolute atomic E-state index is 13.0. The number of carbonyl (C=O) groups excluding carboxylic acids is 1. The highest BCUT2D eigenvalue weighted by Crippen LogP contribution is 2.17. The van der Waals surface area contributed by atoms with E-state index in [0.29, 0.717) is 34.0 Å². The molecule has 8 nitrogen and oxygen atoms in total. The molecule has 1 amide bonds. The van der Waals surface area contributed by atoms with Crippen molar-refractivity contribution in [3.8, 4) is 5.75 Å². The highest BCUT2D eigenvalue weighted by atomic mass is 32.1. The Bertz CT molecular complexity index is 1280. The summed E-state index contributed by atoms with van der Waals surface area (Å²) in [5, 5.41) is 4.49. The maximum Gasteiger partial charge on any atom is 0.332 e. The SMILES string of the molecule is CCOc1ccc(NC(=O)Cn2c(=O)n(Cc3ccco3)c(=O)c3sccc32)cc1. The molecule has 1 aromatic carbocycles. The lowest BCUT2D eigenvalue weighted by Gasteiger charge is -2.12. The first-order valence-electron chi connectivity index (χ1n) is 9.32. The van der Waals surface area contributed by atoms with Gasteiger partial charge >= 0.3 is 5.69 Å². The molecule has 3 heterocycles. The summed E-state index contributed by atoms with van der Waals surface area (Å²) in [6, 6.07) is 12.0. The second-order valence-corrected chi connectivity index (χ2v) is 7.40. The van der Waals surface area contributed by atoms with E-state index in [9.17, 15) is 14.4 Å². The lowest BCUT2D eigenvalue weighted by molar-refractivity contribution is -0.116. The predicted octanol–water partition coefficient (Wildman–Crippen LogP) is 2.90. The van der Waals surface area contributed by atoms with E-state index in [2.05, 4.69) is 5.32 Å². The topological polar surface area (TPSA) is 95.5 Å². The molecule has 0 fully saturated rings. The number of ether oxygens (including phenoxy) is 1. The Labute approximate surface area is 174 Å². The second-order valence-electron chi connectivity index (χ2n) is 6.48. The van der Waals surface area contributed by atoms with Crippen molar-refractivity contribution in [2.75, 3.05) is 11.9 Å². The maximum atomic E-state index is 13.0. The lowest BCUT2D eigenvalue weighted by Crippen LogP contribution is -2.41. The summed E-state index contributed by atoms with van der Waals surface area (Å²) < 4.78 is 13.5. The Morgan fingerprint density at radius 2 is 1.93 bits per heavy atom. The fraction of sp³-hybridized carbons (Fsp3) is 0.190. The van der Waals surface area contributed by atoms with Gasteiger partial charge in [-0.3, -0.25) is 18.7 Å². The van der Waals surface area contributed by atoms with E-state index in [1.54, 1.807) is 47.8 Å². The summed E-state index contributed by atoms with van der Waals surface area (Å²) in [6.07, 6.45) is 1.48. The van der Waals surface area contributed by atoms with Crippen molar-refractivity contribution in [3.05, 3.63) is 80.7 Å². The molecule has 1 N–H and O–H groups in total. The number of fused-ring (bicyclic) bond motifs is 1. The van der Waals surface area contributed by atoms with Crippen molar-refractivity contribution >= 4 is 33.1 Å². The normalized spacial score (nSPS) is 11.0. The Kier molecular flexibility index (Phi) is 5.53. The number of carbonyl (C=O) groups is 1. The molecule has 0 bridgehead atoms. The largest absolute Gasteiger partial charge is 0.494 e. The van der Waals surface area contributed by atoms with Crippen molar-refractivity contribution in [2.45, 2.75) is 20.0 Å². The highest BCUT2D eigenvalue weighted by molar-refractivity contribution is 7.17. The van der Waals surface area contributed by atoms with Crippen molar-refractivity contribution in [1.29, 1.82) is 0 Å². The van der Waals surface area contributed by atoms with Gasteiger partial charge in [-0.05, 0) is 54.8 Å². The number of rotatable bonds is 7. The molecule has 4 aromatic rings. The van der Waals surface area contributed by atoms with Gasteiger partial charge in [0.25, 0.3) is 5.56 Å². The van der Waals surface area contributed by atoms with Crippen molar-refractivity contribution in [2.24, 2.45) is 0 Å². The molecule has 0 radical (unpaired) electrons. The molecule has 0 unspecified atom stereocenters. The minimum absolute atomic E-state index is 0.000976. The van der Waals surface area contributed by atoms with Gasteiger partial charge in [0.2, 0.25) is 5.91 Å². The van der Waals surface area contributed by atoms with Gasteiger partial charge in [-0.2, -0.15) is 0 Å². The van der Waals surface area contributed by atoms with E-state index in [-0.39, 0.29) is 19.0 Å². The first-order valence-corrected chi connectivity index (χ1v) is 10.2. The van der Waals surface area contributed by atoms with Crippen LogP contribution in [0.2, 0.25) is 0 Å². The molecule has 0 saturated heterocycles. The van der Waals surface area contributed by atoms with Crippen LogP contribution in [0.1, 0.15) is 12.7 Å². The molecule has 0 aliphatic carbocycles. The van der Waals surface area contributed by atoms with Crippen molar-refractivity contribution in [3.63, 3.8) is 0 Å². The van der Waals surface area contributed by atoms with Gasteiger partial charge in [0.05, 0.1) is 24.9 Å². The predicted molar refractivity (Wildman–Crippen MR) is 114 cm³/mol. The zero-order chi connectivity index (χ0) is 21.1. The average Bonchev–Trinajstić information content (AvgIpc) is 3.42. The van der Waals surface area contributed by atoms with Crippen LogP contribution in [0.5, 0.6) is 5.75 Å². The van der Waals surface area contributed by atoms with Crippen LogP contribution in [-0.2, 0) is 17.9 Å². The molecule has 9 heteroatoms. The number of nitrogens with zero attached hydrogens (tertiary/aromatic N) is 2. The highest BCUT2D eigenvalue weighted by Gasteiger charge is 2.17. The molecule has 0 saturated carbocycles. The number of aromatic nitrogens is 2. The number of furan rings is 1. The van der Waals surface area contributed by atoms with Gasteiger partial charge < -0.3 is 14.5 Å². The van der Waals surface area contributed by atoms with E-state index in [4.69, 9.17) is 9.15 Å². The van der Waals surface area contributed by atoms with Crippen LogP contribution < -0.4 is 21.3 Å². The smallest absolute Gasteiger partial charge is 0.332 e. The van der Waals surface area contributed by atoms with Crippen LogP contribution in [-0.4, -0.2) is 21.6 Å². The molecule has 0 aliphatic heterocycles. The van der Waals surface area contributed by atoms with Crippen LogP contribution >= 0.6 is 11.3 Å². The molecule has 4 rings (SSSR count). The first kappa shape index (κ1) is 19.7. The second kappa shape index (κ2) is 8.42. The van der Waals surface area contributed by atoms with Gasteiger partial charge in [0.15, 0.2) is 0 Å². The number of thiophene rings is 1. The number of hydrogen-bond acceptors (Lipinski definition) is 6. The number of anilines is 1.